The van der Waals surface area contributed by atoms with E-state index in [0.29, 0.717) is 10.9 Å². The number of likely N-dealkylation sites (tertiary alicyclic amines) is 1. The maximum absolute atomic E-state index is 12.9. The van der Waals surface area contributed by atoms with Gasteiger partial charge in [0.25, 0.3) is 5.91 Å². The van der Waals surface area contributed by atoms with E-state index < -0.39 is 0 Å². The number of aromatic nitrogens is 2. The van der Waals surface area contributed by atoms with E-state index in [0.717, 1.165) is 30.4 Å². The van der Waals surface area contributed by atoms with Crippen molar-refractivity contribution in [3.63, 3.8) is 0 Å². The normalized spacial score (nSPS) is 20.8. The minimum atomic E-state index is -0.145. The monoisotopic (exact) mass is 359 g/mol. The van der Waals surface area contributed by atoms with Crippen molar-refractivity contribution in [2.45, 2.75) is 57.9 Å². The second-order valence-corrected chi connectivity index (χ2v) is 7.76. The molecule has 1 aromatic rings. The summed E-state index contributed by atoms with van der Waals surface area (Å²) in [4.78, 5) is 15.6. The molecule has 1 fully saturated rings. The van der Waals surface area contributed by atoms with Crippen molar-refractivity contribution >= 4 is 33.4 Å². The molecule has 1 aliphatic rings. The van der Waals surface area contributed by atoms with Crippen LogP contribution in [0.15, 0.2) is 0 Å². The molecule has 4 nitrogen and oxygen atoms in total. The van der Waals surface area contributed by atoms with Crippen LogP contribution in [0.4, 0.5) is 0 Å². The fourth-order valence-electron chi connectivity index (χ4n) is 2.56. The Hall–Kier alpha value is -0.490. The Kier molecular flexibility index (Phi) is 5.18. The van der Waals surface area contributed by atoms with Gasteiger partial charge in [0.2, 0.25) is 0 Å². The summed E-state index contributed by atoms with van der Waals surface area (Å²) < 4.78 is 4.01. The first kappa shape index (κ1) is 15.9. The lowest BCUT2D eigenvalue weighted by molar-refractivity contribution is 0.0704. The minimum absolute atomic E-state index is 0.108. The van der Waals surface area contributed by atoms with E-state index in [-0.39, 0.29) is 11.3 Å². The molecule has 20 heavy (non-hydrogen) atoms. The standard InChI is InChI=1S/C14H22BrN3OS/c1-14(2,3)12-11(20-17-16-12)13(19)18-8-6-4-5-7-10(18)9-15/h10H,4-9H2,1-3H3. The van der Waals surface area contributed by atoms with Gasteiger partial charge in [-0.15, -0.1) is 5.10 Å². The maximum Gasteiger partial charge on any atom is 0.267 e. The lowest BCUT2D eigenvalue weighted by Crippen LogP contribution is -2.41. The van der Waals surface area contributed by atoms with Gasteiger partial charge in [-0.25, -0.2) is 0 Å². The molecule has 6 heteroatoms. The summed E-state index contributed by atoms with van der Waals surface area (Å²) in [6.07, 6.45) is 4.58. The second-order valence-electron chi connectivity index (χ2n) is 6.36. The fraction of sp³-hybridized carbons (Fsp3) is 0.786. The van der Waals surface area contributed by atoms with Crippen molar-refractivity contribution in [2.24, 2.45) is 0 Å². The van der Waals surface area contributed by atoms with Crippen molar-refractivity contribution in [3.8, 4) is 0 Å². The summed E-state index contributed by atoms with van der Waals surface area (Å²) in [5.74, 6) is 0.108. The van der Waals surface area contributed by atoms with Crippen molar-refractivity contribution < 1.29 is 4.79 Å². The van der Waals surface area contributed by atoms with E-state index in [9.17, 15) is 4.79 Å². The van der Waals surface area contributed by atoms with Gasteiger partial charge in [-0.05, 0) is 24.4 Å². The Bertz CT molecular complexity index is 469. The Morgan fingerprint density at radius 3 is 2.80 bits per heavy atom. The van der Waals surface area contributed by atoms with E-state index in [1.54, 1.807) is 0 Å². The number of hydrogen-bond donors (Lipinski definition) is 0. The van der Waals surface area contributed by atoms with Crippen LogP contribution in [0.5, 0.6) is 0 Å². The van der Waals surface area contributed by atoms with E-state index in [4.69, 9.17) is 0 Å². The van der Waals surface area contributed by atoms with Crippen LogP contribution in [0.3, 0.4) is 0 Å². The molecule has 0 aromatic carbocycles. The van der Waals surface area contributed by atoms with Gasteiger partial charge in [0.15, 0.2) is 0 Å². The number of nitrogens with zero attached hydrogens (tertiary/aromatic N) is 3. The van der Waals surface area contributed by atoms with Crippen molar-refractivity contribution in [3.05, 3.63) is 10.6 Å². The summed E-state index contributed by atoms with van der Waals surface area (Å²) in [5, 5.41) is 5.03. The molecule has 2 rings (SSSR count). The second kappa shape index (κ2) is 6.52. The summed E-state index contributed by atoms with van der Waals surface area (Å²) in [5.41, 5.74) is 0.679. The van der Waals surface area contributed by atoms with E-state index in [2.05, 4.69) is 46.3 Å². The fourth-order valence-corrected chi connectivity index (χ4v) is 4.06. The molecule has 2 heterocycles. The lowest BCUT2D eigenvalue weighted by atomic mass is 9.91. The zero-order valence-corrected chi connectivity index (χ0v) is 14.8. The Balaban J connectivity index is 2.28. The van der Waals surface area contributed by atoms with E-state index >= 15 is 0 Å². The summed E-state index contributed by atoms with van der Waals surface area (Å²) in [6, 6.07) is 0.292. The number of hydrogen-bond acceptors (Lipinski definition) is 4. The molecule has 0 radical (unpaired) electrons. The molecule has 112 valence electrons. The summed E-state index contributed by atoms with van der Waals surface area (Å²) in [6.45, 7) is 7.07. The number of carbonyl (C=O) groups is 1. The van der Waals surface area contributed by atoms with Gasteiger partial charge in [0.05, 0.1) is 5.69 Å². The molecule has 1 atom stereocenters. The number of carbonyl (C=O) groups excluding carboxylic acids is 1. The lowest BCUT2D eigenvalue weighted by Gasteiger charge is -2.29. The number of halogens is 1. The van der Waals surface area contributed by atoms with Crippen LogP contribution >= 0.6 is 27.5 Å². The maximum atomic E-state index is 12.9. The number of alkyl halides is 1. The quantitative estimate of drug-likeness (QED) is 0.757. The van der Waals surface area contributed by atoms with Gasteiger partial charge in [0.1, 0.15) is 4.88 Å². The molecule has 0 N–H and O–H groups in total. The van der Waals surface area contributed by atoms with Crippen LogP contribution in [-0.4, -0.2) is 38.3 Å². The molecule has 0 bridgehead atoms. The third-order valence-electron chi connectivity index (χ3n) is 3.71. The number of rotatable bonds is 2. The van der Waals surface area contributed by atoms with Gasteiger partial charge in [0, 0.05) is 23.3 Å². The molecule has 0 aliphatic carbocycles. The number of amides is 1. The zero-order chi connectivity index (χ0) is 14.8. The van der Waals surface area contributed by atoms with Crippen molar-refractivity contribution in [1.29, 1.82) is 0 Å². The first-order valence-electron chi connectivity index (χ1n) is 7.15. The molecule has 1 amide bonds. The van der Waals surface area contributed by atoms with Crippen LogP contribution in [0.25, 0.3) is 0 Å². The summed E-state index contributed by atoms with van der Waals surface area (Å²) >= 11 is 4.78. The topological polar surface area (TPSA) is 46.1 Å². The third-order valence-corrected chi connectivity index (χ3v) is 5.17. The predicted molar refractivity (Wildman–Crippen MR) is 85.7 cm³/mol. The Labute approximate surface area is 133 Å². The predicted octanol–water partition coefficient (Wildman–Crippen LogP) is 3.62. The van der Waals surface area contributed by atoms with Gasteiger partial charge in [-0.3, -0.25) is 4.79 Å². The van der Waals surface area contributed by atoms with Crippen LogP contribution in [-0.2, 0) is 5.41 Å². The van der Waals surface area contributed by atoms with Crippen LogP contribution in [0.2, 0.25) is 0 Å². The SMILES string of the molecule is CC(C)(C)c1nnsc1C(=O)N1CCCCCC1CBr. The first-order chi connectivity index (χ1) is 9.45. The van der Waals surface area contributed by atoms with Crippen LogP contribution in [0.1, 0.15) is 61.8 Å². The molecular weight excluding hydrogens is 338 g/mol. The molecule has 1 aromatic heterocycles. The highest BCUT2D eigenvalue weighted by molar-refractivity contribution is 9.09. The highest BCUT2D eigenvalue weighted by atomic mass is 79.9. The first-order valence-corrected chi connectivity index (χ1v) is 9.04. The van der Waals surface area contributed by atoms with Crippen LogP contribution < -0.4 is 0 Å². The molecule has 0 saturated carbocycles. The van der Waals surface area contributed by atoms with Crippen molar-refractivity contribution in [2.75, 3.05) is 11.9 Å². The molecular formula is C14H22BrN3OS. The van der Waals surface area contributed by atoms with Crippen molar-refractivity contribution in [1.82, 2.24) is 14.5 Å². The zero-order valence-electron chi connectivity index (χ0n) is 12.4. The van der Waals surface area contributed by atoms with E-state index in [1.807, 2.05) is 4.90 Å². The summed E-state index contributed by atoms with van der Waals surface area (Å²) in [7, 11) is 0. The molecule has 1 aliphatic heterocycles. The minimum Gasteiger partial charge on any atom is -0.334 e. The highest BCUT2D eigenvalue weighted by Gasteiger charge is 2.32. The third kappa shape index (κ3) is 3.39. The molecule has 0 spiro atoms. The highest BCUT2D eigenvalue weighted by Crippen LogP contribution is 2.29. The van der Waals surface area contributed by atoms with Gasteiger partial charge in [-0.1, -0.05) is 54.0 Å². The molecule has 1 saturated heterocycles. The molecule has 1 unspecified atom stereocenters. The Morgan fingerprint density at radius 2 is 2.15 bits per heavy atom. The Morgan fingerprint density at radius 1 is 1.40 bits per heavy atom. The van der Waals surface area contributed by atoms with Gasteiger partial charge in [-0.2, -0.15) is 0 Å². The smallest absolute Gasteiger partial charge is 0.267 e. The van der Waals surface area contributed by atoms with Crippen LogP contribution in [0, 0.1) is 0 Å². The van der Waals surface area contributed by atoms with Gasteiger partial charge >= 0.3 is 0 Å². The average Bonchev–Trinajstić information content (AvgIpc) is 2.77. The van der Waals surface area contributed by atoms with Gasteiger partial charge < -0.3 is 4.90 Å². The van der Waals surface area contributed by atoms with E-state index in [1.165, 1.54) is 24.4 Å². The average molecular weight is 360 g/mol. The largest absolute Gasteiger partial charge is 0.334 e.